The van der Waals surface area contributed by atoms with E-state index in [1.165, 1.54) is 0 Å². The summed E-state index contributed by atoms with van der Waals surface area (Å²) in [5, 5.41) is 12.1. The Bertz CT molecular complexity index is 319. The maximum absolute atomic E-state index is 12.0. The Morgan fingerprint density at radius 3 is 2.21 bits per heavy atom. The van der Waals surface area contributed by atoms with Crippen molar-refractivity contribution in [3.05, 3.63) is 0 Å². The van der Waals surface area contributed by atoms with Crippen molar-refractivity contribution in [2.45, 2.75) is 46.5 Å². The summed E-state index contributed by atoms with van der Waals surface area (Å²) in [4.78, 5) is 25.2. The predicted octanol–water partition coefficient (Wildman–Crippen LogP) is 2.32. The summed E-state index contributed by atoms with van der Waals surface area (Å²) in [6.45, 7) is 7.65. The maximum Gasteiger partial charge on any atom is 0.317 e. The third-order valence-electron chi connectivity index (χ3n) is 4.46. The summed E-state index contributed by atoms with van der Waals surface area (Å²) < 4.78 is 0. The van der Waals surface area contributed by atoms with E-state index in [0.717, 1.165) is 25.9 Å². The molecule has 0 aromatic rings. The molecule has 0 radical (unpaired) electrons. The Hall–Kier alpha value is -1.26. The van der Waals surface area contributed by atoms with Crippen LogP contribution in [0, 0.1) is 11.3 Å². The van der Waals surface area contributed by atoms with E-state index in [1.54, 1.807) is 4.90 Å². The highest BCUT2D eigenvalue weighted by atomic mass is 16.4. The molecule has 0 atom stereocenters. The van der Waals surface area contributed by atoms with Crippen molar-refractivity contribution in [2.24, 2.45) is 11.3 Å². The number of hydrogen-bond donors (Lipinski definition) is 2. The van der Waals surface area contributed by atoms with Crippen molar-refractivity contribution in [1.82, 2.24) is 10.2 Å². The molecule has 1 fully saturated rings. The molecule has 1 aliphatic rings. The zero-order chi connectivity index (χ0) is 14.5. The lowest BCUT2D eigenvalue weighted by Crippen LogP contribution is -2.49. The number of aliphatic carboxylic acids is 1. The quantitative estimate of drug-likeness (QED) is 0.805. The summed E-state index contributed by atoms with van der Waals surface area (Å²) in [5.41, 5.74) is -0.835. The Labute approximate surface area is 115 Å². The second-order valence-corrected chi connectivity index (χ2v) is 5.62. The number of amides is 2. The predicted molar refractivity (Wildman–Crippen MR) is 74.0 cm³/mol. The molecule has 0 spiro atoms. The van der Waals surface area contributed by atoms with Crippen molar-refractivity contribution in [2.75, 3.05) is 19.6 Å². The molecule has 0 bridgehead atoms. The molecule has 5 heteroatoms. The van der Waals surface area contributed by atoms with Gasteiger partial charge in [0.1, 0.15) is 0 Å². The molecule has 0 aromatic heterocycles. The molecule has 19 heavy (non-hydrogen) atoms. The molecule has 2 amide bonds. The van der Waals surface area contributed by atoms with E-state index >= 15 is 0 Å². The van der Waals surface area contributed by atoms with E-state index in [0.29, 0.717) is 18.8 Å². The molecule has 1 saturated heterocycles. The van der Waals surface area contributed by atoms with E-state index in [-0.39, 0.29) is 12.6 Å². The summed E-state index contributed by atoms with van der Waals surface area (Å²) in [7, 11) is 0. The number of hydrogen-bond acceptors (Lipinski definition) is 2. The third kappa shape index (κ3) is 3.85. The molecule has 1 aliphatic heterocycles. The van der Waals surface area contributed by atoms with Crippen molar-refractivity contribution >= 4 is 12.0 Å². The standard InChI is InChI=1S/C14H26N2O3/c1-4-14(5-2,12(17)18)10-15-13(19)16-8-6-11(3)7-9-16/h11H,4-10H2,1-3H3,(H,15,19)(H,17,18). The summed E-state index contributed by atoms with van der Waals surface area (Å²) >= 11 is 0. The van der Waals surface area contributed by atoms with Crippen LogP contribution in [0.3, 0.4) is 0 Å². The lowest BCUT2D eigenvalue weighted by Gasteiger charge is -2.32. The molecular formula is C14H26N2O3. The van der Waals surface area contributed by atoms with Gasteiger partial charge in [0.25, 0.3) is 0 Å². The minimum Gasteiger partial charge on any atom is -0.481 e. The van der Waals surface area contributed by atoms with Gasteiger partial charge in [0, 0.05) is 19.6 Å². The maximum atomic E-state index is 12.0. The third-order valence-corrected chi connectivity index (χ3v) is 4.46. The van der Waals surface area contributed by atoms with E-state index in [4.69, 9.17) is 0 Å². The summed E-state index contributed by atoms with van der Waals surface area (Å²) in [6, 6.07) is -0.126. The molecule has 2 N–H and O–H groups in total. The Morgan fingerprint density at radius 1 is 1.26 bits per heavy atom. The van der Waals surface area contributed by atoms with Gasteiger partial charge in [0.2, 0.25) is 0 Å². The van der Waals surface area contributed by atoms with Crippen molar-refractivity contribution in [3.63, 3.8) is 0 Å². The highest BCUT2D eigenvalue weighted by molar-refractivity contribution is 5.78. The van der Waals surface area contributed by atoms with Gasteiger partial charge < -0.3 is 15.3 Å². The average molecular weight is 270 g/mol. The first-order valence-electron chi connectivity index (χ1n) is 7.21. The van der Waals surface area contributed by atoms with E-state index in [1.807, 2.05) is 13.8 Å². The number of carboxylic acids is 1. The number of urea groups is 1. The van der Waals surface area contributed by atoms with Gasteiger partial charge in [-0.1, -0.05) is 20.8 Å². The van der Waals surface area contributed by atoms with Crippen LogP contribution in [-0.4, -0.2) is 41.6 Å². The Morgan fingerprint density at radius 2 is 1.79 bits per heavy atom. The van der Waals surface area contributed by atoms with Gasteiger partial charge in [0.05, 0.1) is 5.41 Å². The minimum absolute atomic E-state index is 0.126. The molecule has 0 saturated carbocycles. The van der Waals surface area contributed by atoms with Gasteiger partial charge in [0.15, 0.2) is 0 Å². The molecule has 1 heterocycles. The van der Waals surface area contributed by atoms with Gasteiger partial charge >= 0.3 is 12.0 Å². The van der Waals surface area contributed by atoms with Crippen LogP contribution in [0.15, 0.2) is 0 Å². The normalized spacial score (nSPS) is 17.3. The molecule has 5 nitrogen and oxygen atoms in total. The van der Waals surface area contributed by atoms with Gasteiger partial charge in [-0.05, 0) is 31.6 Å². The van der Waals surface area contributed by atoms with Gasteiger partial charge in [-0.3, -0.25) is 4.79 Å². The SMILES string of the molecule is CCC(CC)(CNC(=O)N1CCC(C)CC1)C(=O)O. The highest BCUT2D eigenvalue weighted by Gasteiger charge is 2.35. The second-order valence-electron chi connectivity index (χ2n) is 5.62. The largest absolute Gasteiger partial charge is 0.481 e. The lowest BCUT2D eigenvalue weighted by molar-refractivity contribution is -0.149. The van der Waals surface area contributed by atoms with Crippen LogP contribution in [0.1, 0.15) is 46.5 Å². The van der Waals surface area contributed by atoms with Crippen LogP contribution < -0.4 is 5.32 Å². The number of likely N-dealkylation sites (tertiary alicyclic amines) is 1. The first kappa shape index (κ1) is 15.8. The topological polar surface area (TPSA) is 69.6 Å². The lowest BCUT2D eigenvalue weighted by atomic mass is 9.82. The van der Waals surface area contributed by atoms with E-state index < -0.39 is 11.4 Å². The van der Waals surface area contributed by atoms with E-state index in [9.17, 15) is 14.7 Å². The zero-order valence-corrected chi connectivity index (χ0v) is 12.2. The van der Waals surface area contributed by atoms with Gasteiger partial charge in [-0.2, -0.15) is 0 Å². The molecule has 0 aliphatic carbocycles. The highest BCUT2D eigenvalue weighted by Crippen LogP contribution is 2.26. The fourth-order valence-corrected chi connectivity index (χ4v) is 2.45. The van der Waals surface area contributed by atoms with Crippen LogP contribution >= 0.6 is 0 Å². The first-order valence-corrected chi connectivity index (χ1v) is 7.21. The minimum atomic E-state index is -0.835. The number of nitrogens with one attached hydrogen (secondary N) is 1. The fraction of sp³-hybridized carbons (Fsp3) is 0.857. The monoisotopic (exact) mass is 270 g/mol. The number of nitrogens with zero attached hydrogens (tertiary/aromatic N) is 1. The summed E-state index contributed by atoms with van der Waals surface area (Å²) in [5.74, 6) is -0.154. The summed E-state index contributed by atoms with van der Waals surface area (Å²) in [6.07, 6.45) is 3.10. The fourth-order valence-electron chi connectivity index (χ4n) is 2.45. The number of carbonyl (C=O) groups is 2. The average Bonchev–Trinajstić information content (AvgIpc) is 2.40. The number of carbonyl (C=O) groups excluding carboxylic acids is 1. The molecule has 110 valence electrons. The van der Waals surface area contributed by atoms with Crippen LogP contribution in [0.5, 0.6) is 0 Å². The number of piperidine rings is 1. The van der Waals surface area contributed by atoms with E-state index in [2.05, 4.69) is 12.2 Å². The molecular weight excluding hydrogens is 244 g/mol. The van der Waals surface area contributed by atoms with Crippen LogP contribution in [0.25, 0.3) is 0 Å². The Kier molecular flexibility index (Phi) is 5.63. The van der Waals surface area contributed by atoms with Crippen molar-refractivity contribution in [3.8, 4) is 0 Å². The van der Waals surface area contributed by atoms with Crippen LogP contribution in [0.4, 0.5) is 4.79 Å². The smallest absolute Gasteiger partial charge is 0.317 e. The number of rotatable bonds is 5. The van der Waals surface area contributed by atoms with Gasteiger partial charge in [-0.25, -0.2) is 4.79 Å². The van der Waals surface area contributed by atoms with Crippen LogP contribution in [0.2, 0.25) is 0 Å². The molecule has 1 rings (SSSR count). The second kappa shape index (κ2) is 6.78. The number of carboxylic acid groups (broad SMARTS) is 1. The van der Waals surface area contributed by atoms with Crippen LogP contribution in [-0.2, 0) is 4.79 Å². The zero-order valence-electron chi connectivity index (χ0n) is 12.2. The van der Waals surface area contributed by atoms with Gasteiger partial charge in [-0.15, -0.1) is 0 Å². The van der Waals surface area contributed by atoms with Crippen molar-refractivity contribution < 1.29 is 14.7 Å². The molecule has 0 aromatic carbocycles. The Balaban J connectivity index is 2.50. The molecule has 0 unspecified atom stereocenters. The first-order chi connectivity index (χ1) is 8.95. The van der Waals surface area contributed by atoms with Crippen molar-refractivity contribution in [1.29, 1.82) is 0 Å².